The molecule has 2 saturated heterocycles. The Labute approximate surface area is 102 Å². The number of piperidine rings is 1. The first-order valence-corrected chi connectivity index (χ1v) is 6.38. The molecule has 96 valence electrons. The summed E-state index contributed by atoms with van der Waals surface area (Å²) in [6.07, 6.45) is 1.85. The molecule has 2 heterocycles. The number of amides is 2. The third kappa shape index (κ3) is 2.29. The minimum absolute atomic E-state index is 0.0190. The number of carbonyl (C=O) groups excluding carboxylic acids is 2. The Hall–Kier alpha value is -1.10. The molecule has 2 N–H and O–H groups in total. The van der Waals surface area contributed by atoms with E-state index in [1.165, 1.54) is 0 Å². The van der Waals surface area contributed by atoms with E-state index in [4.69, 9.17) is 0 Å². The second kappa shape index (κ2) is 5.04. The molecule has 0 aromatic rings. The highest BCUT2D eigenvalue weighted by atomic mass is 16.2. The zero-order chi connectivity index (χ0) is 12.4. The van der Waals surface area contributed by atoms with Gasteiger partial charge in [-0.1, -0.05) is 6.92 Å². The third-order valence-electron chi connectivity index (χ3n) is 3.82. The largest absolute Gasteiger partial charge is 0.354 e. The zero-order valence-corrected chi connectivity index (χ0v) is 10.5. The molecular formula is C12H21N3O2. The van der Waals surface area contributed by atoms with Crippen molar-refractivity contribution >= 4 is 11.8 Å². The molecule has 2 aliphatic rings. The third-order valence-corrected chi connectivity index (χ3v) is 3.82. The Morgan fingerprint density at radius 3 is 3.12 bits per heavy atom. The molecule has 0 aliphatic carbocycles. The predicted octanol–water partition coefficient (Wildman–Crippen LogP) is -0.421. The summed E-state index contributed by atoms with van der Waals surface area (Å²) < 4.78 is 0. The molecule has 2 aliphatic heterocycles. The van der Waals surface area contributed by atoms with Gasteiger partial charge in [0.05, 0.1) is 12.0 Å². The van der Waals surface area contributed by atoms with E-state index in [1.54, 1.807) is 0 Å². The van der Waals surface area contributed by atoms with Crippen LogP contribution in [0.2, 0.25) is 0 Å². The molecule has 5 nitrogen and oxygen atoms in total. The second-order valence-electron chi connectivity index (χ2n) is 5.05. The second-order valence-corrected chi connectivity index (χ2v) is 5.05. The predicted molar refractivity (Wildman–Crippen MR) is 64.3 cm³/mol. The highest BCUT2D eigenvalue weighted by Crippen LogP contribution is 2.28. The average molecular weight is 239 g/mol. The summed E-state index contributed by atoms with van der Waals surface area (Å²) in [6, 6.07) is 0.0862. The lowest BCUT2D eigenvalue weighted by Gasteiger charge is -2.37. The molecule has 2 amide bonds. The van der Waals surface area contributed by atoms with Crippen molar-refractivity contribution in [2.24, 2.45) is 11.8 Å². The number of rotatable bonds is 3. The van der Waals surface area contributed by atoms with Gasteiger partial charge in [-0.2, -0.15) is 0 Å². The van der Waals surface area contributed by atoms with Crippen LogP contribution in [0.5, 0.6) is 0 Å². The minimum Gasteiger partial charge on any atom is -0.354 e. The van der Waals surface area contributed by atoms with Gasteiger partial charge in [0.15, 0.2) is 0 Å². The Bertz CT molecular complexity index is 319. The van der Waals surface area contributed by atoms with Crippen LogP contribution < -0.4 is 10.6 Å². The fraction of sp³-hybridized carbons (Fsp3) is 0.833. The Balaban J connectivity index is 2.05. The van der Waals surface area contributed by atoms with Gasteiger partial charge in [0.2, 0.25) is 11.8 Å². The lowest BCUT2D eigenvalue weighted by atomic mass is 9.90. The van der Waals surface area contributed by atoms with Gasteiger partial charge < -0.3 is 15.5 Å². The first-order valence-electron chi connectivity index (χ1n) is 6.38. The van der Waals surface area contributed by atoms with Crippen LogP contribution >= 0.6 is 0 Å². The minimum atomic E-state index is -0.0190. The quantitative estimate of drug-likeness (QED) is 0.703. The number of fused-ring (bicyclic) bond motifs is 1. The van der Waals surface area contributed by atoms with Gasteiger partial charge in [0.1, 0.15) is 0 Å². The van der Waals surface area contributed by atoms with Gasteiger partial charge in [-0.3, -0.25) is 9.59 Å². The fourth-order valence-electron chi connectivity index (χ4n) is 2.90. The van der Waals surface area contributed by atoms with Gasteiger partial charge in [0, 0.05) is 25.6 Å². The molecule has 0 radical (unpaired) electrons. The lowest BCUT2D eigenvalue weighted by molar-refractivity contribution is -0.140. The van der Waals surface area contributed by atoms with Crippen molar-refractivity contribution in [3.05, 3.63) is 0 Å². The van der Waals surface area contributed by atoms with Crippen molar-refractivity contribution in [2.75, 3.05) is 26.7 Å². The van der Waals surface area contributed by atoms with Crippen LogP contribution in [0.1, 0.15) is 19.8 Å². The molecule has 3 atom stereocenters. The maximum Gasteiger partial charge on any atom is 0.227 e. The van der Waals surface area contributed by atoms with Crippen molar-refractivity contribution in [3.8, 4) is 0 Å². The van der Waals surface area contributed by atoms with Gasteiger partial charge in [-0.05, 0) is 19.9 Å². The molecule has 0 saturated carbocycles. The molecule has 2 fully saturated rings. The Kier molecular flexibility index (Phi) is 3.66. The maximum absolute atomic E-state index is 12.3. The normalized spacial score (nSPS) is 29.8. The van der Waals surface area contributed by atoms with Crippen molar-refractivity contribution in [1.82, 2.24) is 15.5 Å². The SMILES string of the molecule is CNCC(C)C(=O)N1CCCC2C(=O)NCC21. The van der Waals surface area contributed by atoms with Crippen molar-refractivity contribution in [2.45, 2.75) is 25.8 Å². The molecular weight excluding hydrogens is 218 g/mol. The summed E-state index contributed by atoms with van der Waals surface area (Å²) in [6.45, 7) is 4.05. The van der Waals surface area contributed by atoms with Crippen molar-refractivity contribution < 1.29 is 9.59 Å². The molecule has 0 aromatic carbocycles. The van der Waals surface area contributed by atoms with E-state index in [9.17, 15) is 9.59 Å². The number of nitrogens with one attached hydrogen (secondary N) is 2. The molecule has 2 rings (SSSR count). The van der Waals surface area contributed by atoms with Crippen LogP contribution in [-0.4, -0.2) is 49.4 Å². The lowest BCUT2D eigenvalue weighted by Crippen LogP contribution is -2.51. The van der Waals surface area contributed by atoms with Crippen LogP contribution in [0, 0.1) is 11.8 Å². The first kappa shape index (κ1) is 12.4. The summed E-state index contributed by atoms with van der Waals surface area (Å²) in [5.41, 5.74) is 0. The maximum atomic E-state index is 12.3. The fourth-order valence-corrected chi connectivity index (χ4v) is 2.90. The Morgan fingerprint density at radius 2 is 2.41 bits per heavy atom. The van der Waals surface area contributed by atoms with E-state index in [0.717, 1.165) is 19.4 Å². The van der Waals surface area contributed by atoms with Crippen LogP contribution in [-0.2, 0) is 9.59 Å². The highest BCUT2D eigenvalue weighted by molar-refractivity contribution is 5.85. The number of hydrogen-bond donors (Lipinski definition) is 2. The summed E-state index contributed by atoms with van der Waals surface area (Å²) in [7, 11) is 1.85. The Morgan fingerprint density at radius 1 is 1.65 bits per heavy atom. The van der Waals surface area contributed by atoms with Gasteiger partial charge in [-0.15, -0.1) is 0 Å². The van der Waals surface area contributed by atoms with E-state index in [-0.39, 0.29) is 29.7 Å². The smallest absolute Gasteiger partial charge is 0.227 e. The van der Waals surface area contributed by atoms with Crippen LogP contribution in [0.25, 0.3) is 0 Å². The average Bonchev–Trinajstić information content (AvgIpc) is 2.71. The molecule has 0 spiro atoms. The zero-order valence-electron chi connectivity index (χ0n) is 10.5. The van der Waals surface area contributed by atoms with Crippen LogP contribution in [0.3, 0.4) is 0 Å². The highest BCUT2D eigenvalue weighted by Gasteiger charge is 2.43. The molecule has 0 bridgehead atoms. The number of nitrogens with zero attached hydrogens (tertiary/aromatic N) is 1. The number of hydrogen-bond acceptors (Lipinski definition) is 3. The summed E-state index contributed by atoms with van der Waals surface area (Å²) in [4.78, 5) is 25.8. The monoisotopic (exact) mass is 239 g/mol. The summed E-state index contributed by atoms with van der Waals surface area (Å²) in [5, 5.41) is 5.89. The van der Waals surface area contributed by atoms with Gasteiger partial charge >= 0.3 is 0 Å². The number of likely N-dealkylation sites (tertiary alicyclic amines) is 1. The summed E-state index contributed by atoms with van der Waals surface area (Å²) >= 11 is 0. The topological polar surface area (TPSA) is 61.4 Å². The van der Waals surface area contributed by atoms with Crippen molar-refractivity contribution in [3.63, 3.8) is 0 Å². The first-order chi connectivity index (χ1) is 8.15. The van der Waals surface area contributed by atoms with E-state index in [1.807, 2.05) is 18.9 Å². The standard InChI is InChI=1S/C12H21N3O2/c1-8(6-13-2)12(17)15-5-3-4-9-10(15)7-14-11(9)16/h8-10,13H,3-7H2,1-2H3,(H,14,16). The summed E-state index contributed by atoms with van der Waals surface area (Å²) in [5.74, 6) is 0.295. The molecule has 0 aromatic heterocycles. The van der Waals surface area contributed by atoms with Crippen molar-refractivity contribution in [1.29, 1.82) is 0 Å². The number of carbonyl (C=O) groups is 2. The molecule has 3 unspecified atom stereocenters. The van der Waals surface area contributed by atoms with E-state index >= 15 is 0 Å². The van der Waals surface area contributed by atoms with Gasteiger partial charge in [-0.25, -0.2) is 0 Å². The van der Waals surface area contributed by atoms with Crippen LogP contribution in [0.4, 0.5) is 0 Å². The molecule has 17 heavy (non-hydrogen) atoms. The van der Waals surface area contributed by atoms with E-state index in [0.29, 0.717) is 13.1 Å². The van der Waals surface area contributed by atoms with E-state index < -0.39 is 0 Å². The van der Waals surface area contributed by atoms with E-state index in [2.05, 4.69) is 10.6 Å². The molecule has 5 heteroatoms. The van der Waals surface area contributed by atoms with Crippen LogP contribution in [0.15, 0.2) is 0 Å². The van der Waals surface area contributed by atoms with Gasteiger partial charge in [0.25, 0.3) is 0 Å².